The highest BCUT2D eigenvalue weighted by Crippen LogP contribution is 2.39. The van der Waals surface area contributed by atoms with E-state index in [2.05, 4.69) is 6.07 Å². The summed E-state index contributed by atoms with van der Waals surface area (Å²) in [6.45, 7) is 4.94. The van der Waals surface area contributed by atoms with Gasteiger partial charge in [0, 0.05) is 19.2 Å². The SMILES string of the molecule is COCCN1C(=O)C(=O)/C(=C(/O)c2ccc(OCc3cccc(C)c3)cc2)C1c1ccc(C)cc1. The van der Waals surface area contributed by atoms with Crippen molar-refractivity contribution in [3.63, 3.8) is 0 Å². The highest BCUT2D eigenvalue weighted by molar-refractivity contribution is 6.46. The summed E-state index contributed by atoms with van der Waals surface area (Å²) < 4.78 is 11.0. The van der Waals surface area contributed by atoms with E-state index in [9.17, 15) is 14.7 Å². The number of likely N-dealkylation sites (tertiary alicyclic amines) is 1. The van der Waals surface area contributed by atoms with Crippen molar-refractivity contribution in [2.75, 3.05) is 20.3 Å². The molecule has 1 unspecified atom stereocenters. The third-order valence-corrected chi connectivity index (χ3v) is 6.09. The number of carbonyl (C=O) groups excluding carboxylic acids is 2. The third kappa shape index (κ3) is 5.28. The molecule has 3 aromatic carbocycles. The predicted molar refractivity (Wildman–Crippen MR) is 134 cm³/mol. The zero-order valence-corrected chi connectivity index (χ0v) is 20.2. The van der Waals surface area contributed by atoms with Crippen molar-refractivity contribution in [1.82, 2.24) is 4.90 Å². The van der Waals surface area contributed by atoms with Gasteiger partial charge in [0.15, 0.2) is 0 Å². The number of Topliss-reactive ketones (excluding diaryl/α,β-unsaturated/α-hetero) is 1. The Hall–Kier alpha value is -3.90. The van der Waals surface area contributed by atoms with Crippen LogP contribution < -0.4 is 4.74 Å². The van der Waals surface area contributed by atoms with Crippen LogP contribution in [0, 0.1) is 13.8 Å². The van der Waals surface area contributed by atoms with E-state index in [0.717, 1.165) is 22.3 Å². The van der Waals surface area contributed by atoms with Crippen molar-refractivity contribution in [3.8, 4) is 5.75 Å². The fourth-order valence-electron chi connectivity index (χ4n) is 4.23. The van der Waals surface area contributed by atoms with Crippen LogP contribution in [0.3, 0.4) is 0 Å². The second kappa shape index (κ2) is 10.6. The smallest absolute Gasteiger partial charge is 0.295 e. The first-order valence-electron chi connectivity index (χ1n) is 11.5. The third-order valence-electron chi connectivity index (χ3n) is 6.09. The lowest BCUT2D eigenvalue weighted by Crippen LogP contribution is -2.32. The van der Waals surface area contributed by atoms with Gasteiger partial charge in [0.25, 0.3) is 11.7 Å². The number of aliphatic hydroxyl groups is 1. The van der Waals surface area contributed by atoms with Crippen molar-refractivity contribution in [2.45, 2.75) is 26.5 Å². The van der Waals surface area contributed by atoms with Crippen LogP contribution in [0.4, 0.5) is 0 Å². The lowest BCUT2D eigenvalue weighted by Gasteiger charge is -2.25. The maximum absolute atomic E-state index is 13.0. The Morgan fingerprint density at radius 3 is 2.31 bits per heavy atom. The van der Waals surface area contributed by atoms with E-state index in [0.29, 0.717) is 17.9 Å². The Morgan fingerprint density at radius 2 is 1.66 bits per heavy atom. The normalized spacial score (nSPS) is 17.1. The number of amides is 1. The zero-order chi connectivity index (χ0) is 24.9. The molecule has 0 radical (unpaired) electrons. The summed E-state index contributed by atoms with van der Waals surface area (Å²) in [5.74, 6) is -0.922. The first-order valence-corrected chi connectivity index (χ1v) is 11.5. The van der Waals surface area contributed by atoms with Crippen LogP contribution in [0.5, 0.6) is 5.75 Å². The molecular weight excluding hydrogens is 442 g/mol. The van der Waals surface area contributed by atoms with Gasteiger partial charge in [-0.05, 0) is 49.2 Å². The number of nitrogens with zero attached hydrogens (tertiary/aromatic N) is 1. The number of ether oxygens (including phenoxy) is 2. The van der Waals surface area contributed by atoms with Gasteiger partial charge in [-0.3, -0.25) is 9.59 Å². The summed E-state index contributed by atoms with van der Waals surface area (Å²) in [4.78, 5) is 27.3. The summed E-state index contributed by atoms with van der Waals surface area (Å²) in [5, 5.41) is 11.2. The average Bonchev–Trinajstić information content (AvgIpc) is 3.11. The molecule has 1 amide bonds. The zero-order valence-electron chi connectivity index (χ0n) is 20.2. The number of carbonyl (C=O) groups is 2. The largest absolute Gasteiger partial charge is 0.507 e. The Labute approximate surface area is 205 Å². The molecule has 0 spiro atoms. The van der Waals surface area contributed by atoms with Crippen LogP contribution in [-0.4, -0.2) is 42.0 Å². The van der Waals surface area contributed by atoms with E-state index in [1.807, 2.05) is 56.3 Å². The van der Waals surface area contributed by atoms with E-state index in [1.54, 1.807) is 31.4 Å². The van der Waals surface area contributed by atoms with Crippen LogP contribution in [0.2, 0.25) is 0 Å². The van der Waals surface area contributed by atoms with Gasteiger partial charge in [0.2, 0.25) is 0 Å². The molecule has 0 aromatic heterocycles. The van der Waals surface area contributed by atoms with Crippen LogP contribution in [0.1, 0.15) is 33.9 Å². The lowest BCUT2D eigenvalue weighted by atomic mass is 9.94. The van der Waals surface area contributed by atoms with Crippen LogP contribution in [0.15, 0.2) is 78.4 Å². The molecule has 1 N–H and O–H groups in total. The van der Waals surface area contributed by atoms with Crippen LogP contribution >= 0.6 is 0 Å². The molecule has 0 saturated carbocycles. The van der Waals surface area contributed by atoms with Gasteiger partial charge >= 0.3 is 0 Å². The topological polar surface area (TPSA) is 76.1 Å². The minimum Gasteiger partial charge on any atom is -0.507 e. The Balaban J connectivity index is 1.63. The van der Waals surface area contributed by atoms with E-state index in [4.69, 9.17) is 9.47 Å². The summed E-state index contributed by atoms with van der Waals surface area (Å²) in [6, 6.07) is 21.9. The van der Waals surface area contributed by atoms with Gasteiger partial charge < -0.3 is 19.5 Å². The van der Waals surface area contributed by atoms with Gasteiger partial charge in [0.05, 0.1) is 18.2 Å². The molecule has 6 heteroatoms. The van der Waals surface area contributed by atoms with E-state index >= 15 is 0 Å². The fraction of sp³-hybridized carbons (Fsp3) is 0.241. The van der Waals surface area contributed by atoms with Crippen LogP contribution in [0.25, 0.3) is 5.76 Å². The van der Waals surface area contributed by atoms with E-state index in [1.165, 1.54) is 4.90 Å². The molecule has 180 valence electrons. The molecule has 0 bridgehead atoms. The number of hydrogen-bond acceptors (Lipinski definition) is 5. The first-order chi connectivity index (χ1) is 16.9. The number of hydrogen-bond donors (Lipinski definition) is 1. The average molecular weight is 472 g/mol. The van der Waals surface area contributed by atoms with Gasteiger partial charge in [0.1, 0.15) is 18.1 Å². The second-order valence-corrected chi connectivity index (χ2v) is 8.70. The molecule has 0 aliphatic carbocycles. The Morgan fingerprint density at radius 1 is 0.943 bits per heavy atom. The highest BCUT2D eigenvalue weighted by Gasteiger charge is 2.45. The molecular formula is C29H29NO5. The number of ketones is 1. The first kappa shape index (κ1) is 24.2. The molecule has 1 aliphatic heterocycles. The molecule has 35 heavy (non-hydrogen) atoms. The lowest BCUT2D eigenvalue weighted by molar-refractivity contribution is -0.140. The molecule has 1 atom stereocenters. The van der Waals surface area contributed by atoms with Gasteiger partial charge in [-0.2, -0.15) is 0 Å². The Kier molecular flexibility index (Phi) is 7.32. The van der Waals surface area contributed by atoms with Gasteiger partial charge in [-0.1, -0.05) is 59.7 Å². The minimum absolute atomic E-state index is 0.0726. The van der Waals surface area contributed by atoms with Crippen molar-refractivity contribution < 1.29 is 24.2 Å². The number of aryl methyl sites for hydroxylation is 2. The summed E-state index contributed by atoms with van der Waals surface area (Å²) >= 11 is 0. The predicted octanol–water partition coefficient (Wildman–Crippen LogP) is 4.95. The maximum Gasteiger partial charge on any atom is 0.295 e. The molecule has 6 nitrogen and oxygen atoms in total. The van der Waals surface area contributed by atoms with Gasteiger partial charge in [-0.15, -0.1) is 0 Å². The van der Waals surface area contributed by atoms with Gasteiger partial charge in [-0.25, -0.2) is 0 Å². The monoisotopic (exact) mass is 471 g/mol. The fourth-order valence-corrected chi connectivity index (χ4v) is 4.23. The minimum atomic E-state index is -0.705. The summed E-state index contributed by atoms with van der Waals surface area (Å²) in [7, 11) is 1.54. The summed E-state index contributed by atoms with van der Waals surface area (Å²) in [5.41, 5.74) is 4.55. The van der Waals surface area contributed by atoms with E-state index in [-0.39, 0.29) is 24.5 Å². The molecule has 3 aromatic rings. The van der Waals surface area contributed by atoms with Crippen molar-refractivity contribution in [3.05, 3.63) is 106 Å². The van der Waals surface area contributed by atoms with Crippen molar-refractivity contribution >= 4 is 17.4 Å². The highest BCUT2D eigenvalue weighted by atomic mass is 16.5. The number of benzene rings is 3. The quantitative estimate of drug-likeness (QED) is 0.286. The molecule has 4 rings (SSSR count). The molecule has 1 saturated heterocycles. The van der Waals surface area contributed by atoms with Crippen LogP contribution in [-0.2, 0) is 20.9 Å². The number of aliphatic hydroxyl groups excluding tert-OH is 1. The van der Waals surface area contributed by atoms with Crippen molar-refractivity contribution in [1.29, 1.82) is 0 Å². The standard InChI is InChI=1S/C29H29NO5/c1-19-7-9-22(10-8-19)26-25(28(32)29(33)30(26)15-16-34-3)27(31)23-11-13-24(14-12-23)35-18-21-6-4-5-20(2)17-21/h4-14,17,26,31H,15-16,18H2,1-3H3/b27-25+. The molecule has 1 aliphatic rings. The molecule has 1 fully saturated rings. The maximum atomic E-state index is 13.0. The van der Waals surface area contributed by atoms with E-state index < -0.39 is 17.7 Å². The summed E-state index contributed by atoms with van der Waals surface area (Å²) in [6.07, 6.45) is 0. The Bertz CT molecular complexity index is 1240. The van der Waals surface area contributed by atoms with Crippen molar-refractivity contribution in [2.24, 2.45) is 0 Å². The number of methoxy groups -OCH3 is 1. The second-order valence-electron chi connectivity index (χ2n) is 8.70. The number of rotatable bonds is 8. The molecule has 1 heterocycles.